The van der Waals surface area contributed by atoms with E-state index in [2.05, 4.69) is 18.0 Å². The smallest absolute Gasteiger partial charge is 0.161 e. The Labute approximate surface area is 128 Å². The Bertz CT molecular complexity index is 444. The van der Waals surface area contributed by atoms with Crippen LogP contribution in [0, 0.1) is 5.92 Å². The molecule has 2 N–H and O–H groups in total. The van der Waals surface area contributed by atoms with Gasteiger partial charge in [-0.1, -0.05) is 18.9 Å². The summed E-state index contributed by atoms with van der Waals surface area (Å²) in [5, 5.41) is 0. The fourth-order valence-corrected chi connectivity index (χ4v) is 3.36. The summed E-state index contributed by atoms with van der Waals surface area (Å²) in [7, 11) is 5.50. The normalized spacial score (nSPS) is 17.2. The van der Waals surface area contributed by atoms with Crippen molar-refractivity contribution in [1.82, 2.24) is 4.90 Å². The van der Waals surface area contributed by atoms with Crippen LogP contribution in [0.25, 0.3) is 0 Å². The lowest BCUT2D eigenvalue weighted by atomic mass is 10.0. The van der Waals surface area contributed by atoms with Crippen LogP contribution in [-0.2, 0) is 0 Å². The van der Waals surface area contributed by atoms with Crippen LogP contribution in [0.5, 0.6) is 11.5 Å². The number of ether oxygens (including phenoxy) is 2. The van der Waals surface area contributed by atoms with Gasteiger partial charge in [0.1, 0.15) is 0 Å². The zero-order valence-corrected chi connectivity index (χ0v) is 13.5. The molecule has 1 unspecified atom stereocenters. The highest BCUT2D eigenvalue weighted by Gasteiger charge is 2.22. The molecule has 0 amide bonds. The summed E-state index contributed by atoms with van der Waals surface area (Å²) >= 11 is 0. The summed E-state index contributed by atoms with van der Waals surface area (Å²) in [6.07, 6.45) is 5.46. The maximum absolute atomic E-state index is 6.03. The first kappa shape index (κ1) is 16.1. The highest BCUT2D eigenvalue weighted by Crippen LogP contribution is 2.32. The van der Waals surface area contributed by atoms with Gasteiger partial charge in [0, 0.05) is 19.1 Å². The second kappa shape index (κ2) is 7.66. The number of methoxy groups -OCH3 is 2. The Balaban J connectivity index is 2.11. The molecule has 1 aromatic carbocycles. The average molecular weight is 292 g/mol. The van der Waals surface area contributed by atoms with E-state index in [1.165, 1.54) is 31.2 Å². The van der Waals surface area contributed by atoms with E-state index < -0.39 is 0 Å². The maximum Gasteiger partial charge on any atom is 0.161 e. The number of likely N-dealkylation sites (N-methyl/N-ethyl adjacent to an activating group) is 1. The van der Waals surface area contributed by atoms with Crippen molar-refractivity contribution in [2.75, 3.05) is 34.4 Å². The highest BCUT2D eigenvalue weighted by atomic mass is 16.5. The Morgan fingerprint density at radius 2 is 1.86 bits per heavy atom. The second-order valence-electron chi connectivity index (χ2n) is 5.96. The van der Waals surface area contributed by atoms with Gasteiger partial charge in [0.2, 0.25) is 0 Å². The van der Waals surface area contributed by atoms with E-state index in [4.69, 9.17) is 15.2 Å². The third-order valence-corrected chi connectivity index (χ3v) is 4.57. The molecular formula is C17H28N2O2. The van der Waals surface area contributed by atoms with Gasteiger partial charge < -0.3 is 15.2 Å². The van der Waals surface area contributed by atoms with Gasteiger partial charge in [0.15, 0.2) is 11.5 Å². The molecular weight excluding hydrogens is 264 g/mol. The molecule has 0 bridgehead atoms. The van der Waals surface area contributed by atoms with Crippen molar-refractivity contribution in [2.24, 2.45) is 11.7 Å². The summed E-state index contributed by atoms with van der Waals surface area (Å²) in [5.41, 5.74) is 7.22. The van der Waals surface area contributed by atoms with Crippen LogP contribution in [0.2, 0.25) is 0 Å². The van der Waals surface area contributed by atoms with Gasteiger partial charge in [-0.05, 0) is 43.5 Å². The maximum atomic E-state index is 6.03. The molecule has 0 aromatic heterocycles. The van der Waals surface area contributed by atoms with E-state index in [-0.39, 0.29) is 6.04 Å². The molecule has 0 saturated heterocycles. The van der Waals surface area contributed by atoms with Gasteiger partial charge in [0.25, 0.3) is 0 Å². The first-order chi connectivity index (χ1) is 10.2. The minimum Gasteiger partial charge on any atom is -0.493 e. The van der Waals surface area contributed by atoms with Crippen LogP contribution < -0.4 is 15.2 Å². The van der Waals surface area contributed by atoms with Crippen molar-refractivity contribution in [1.29, 1.82) is 0 Å². The predicted octanol–water partition coefficient (Wildman–Crippen LogP) is 2.83. The Morgan fingerprint density at radius 1 is 1.19 bits per heavy atom. The summed E-state index contributed by atoms with van der Waals surface area (Å²) < 4.78 is 10.7. The van der Waals surface area contributed by atoms with Crippen molar-refractivity contribution < 1.29 is 9.47 Å². The van der Waals surface area contributed by atoms with Gasteiger partial charge >= 0.3 is 0 Å². The Hall–Kier alpha value is -1.26. The van der Waals surface area contributed by atoms with E-state index >= 15 is 0 Å². The molecule has 0 heterocycles. The summed E-state index contributed by atoms with van der Waals surface area (Å²) in [4.78, 5) is 2.39. The summed E-state index contributed by atoms with van der Waals surface area (Å²) in [6, 6.07) is 6.32. The molecule has 118 valence electrons. The molecule has 0 spiro atoms. The lowest BCUT2D eigenvalue weighted by molar-refractivity contribution is 0.212. The predicted molar refractivity (Wildman–Crippen MR) is 85.9 cm³/mol. The first-order valence-corrected chi connectivity index (χ1v) is 7.81. The van der Waals surface area contributed by atoms with Gasteiger partial charge in [-0.15, -0.1) is 0 Å². The van der Waals surface area contributed by atoms with E-state index in [0.29, 0.717) is 6.54 Å². The molecule has 1 aliphatic rings. The monoisotopic (exact) mass is 292 g/mol. The largest absolute Gasteiger partial charge is 0.493 e. The van der Waals surface area contributed by atoms with E-state index in [1.54, 1.807) is 14.2 Å². The third-order valence-electron chi connectivity index (χ3n) is 4.57. The fourth-order valence-electron chi connectivity index (χ4n) is 3.36. The number of benzene rings is 1. The standard InChI is InChI=1S/C17H28N2O2/c1-19(12-13-6-4-5-7-13)15(11-18)14-8-9-16(20-2)17(10-14)21-3/h8-10,13,15H,4-7,11-12,18H2,1-3H3. The van der Waals surface area contributed by atoms with E-state index in [1.807, 2.05) is 12.1 Å². The molecule has 4 nitrogen and oxygen atoms in total. The Kier molecular flexibility index (Phi) is 5.88. The highest BCUT2D eigenvalue weighted by molar-refractivity contribution is 5.43. The van der Waals surface area contributed by atoms with Crippen molar-refractivity contribution >= 4 is 0 Å². The minimum atomic E-state index is 0.227. The Morgan fingerprint density at radius 3 is 2.43 bits per heavy atom. The molecule has 0 radical (unpaired) electrons. The van der Waals surface area contributed by atoms with Gasteiger partial charge in [-0.2, -0.15) is 0 Å². The quantitative estimate of drug-likeness (QED) is 0.839. The number of hydrogen-bond donors (Lipinski definition) is 1. The van der Waals surface area contributed by atoms with Crippen LogP contribution >= 0.6 is 0 Å². The molecule has 1 aromatic rings. The number of rotatable bonds is 7. The van der Waals surface area contributed by atoms with Crippen molar-refractivity contribution in [3.8, 4) is 11.5 Å². The van der Waals surface area contributed by atoms with Crippen LogP contribution in [0.15, 0.2) is 18.2 Å². The molecule has 0 aliphatic heterocycles. The van der Waals surface area contributed by atoms with E-state index in [9.17, 15) is 0 Å². The van der Waals surface area contributed by atoms with Gasteiger partial charge in [-0.3, -0.25) is 4.90 Å². The minimum absolute atomic E-state index is 0.227. The van der Waals surface area contributed by atoms with Gasteiger partial charge in [-0.25, -0.2) is 0 Å². The van der Waals surface area contributed by atoms with Crippen molar-refractivity contribution in [2.45, 2.75) is 31.7 Å². The van der Waals surface area contributed by atoms with Crippen LogP contribution in [0.4, 0.5) is 0 Å². The third kappa shape index (κ3) is 3.89. The van der Waals surface area contributed by atoms with E-state index in [0.717, 1.165) is 24.0 Å². The zero-order chi connectivity index (χ0) is 15.2. The molecule has 21 heavy (non-hydrogen) atoms. The van der Waals surface area contributed by atoms with Crippen LogP contribution in [-0.4, -0.2) is 39.3 Å². The second-order valence-corrected chi connectivity index (χ2v) is 5.96. The fraction of sp³-hybridized carbons (Fsp3) is 0.647. The number of nitrogens with two attached hydrogens (primary N) is 1. The summed E-state index contributed by atoms with van der Waals surface area (Å²) in [6.45, 7) is 1.73. The average Bonchev–Trinajstić information content (AvgIpc) is 3.00. The molecule has 4 heteroatoms. The lowest BCUT2D eigenvalue weighted by Crippen LogP contribution is -2.33. The van der Waals surface area contributed by atoms with Crippen molar-refractivity contribution in [3.63, 3.8) is 0 Å². The molecule has 1 atom stereocenters. The number of nitrogens with zero attached hydrogens (tertiary/aromatic N) is 1. The SMILES string of the molecule is COc1ccc(C(CN)N(C)CC2CCCC2)cc1OC. The molecule has 2 rings (SSSR count). The van der Waals surface area contributed by atoms with Crippen LogP contribution in [0.3, 0.4) is 0 Å². The van der Waals surface area contributed by atoms with Crippen LogP contribution in [0.1, 0.15) is 37.3 Å². The first-order valence-electron chi connectivity index (χ1n) is 7.81. The topological polar surface area (TPSA) is 47.7 Å². The molecule has 1 saturated carbocycles. The molecule has 1 fully saturated rings. The summed E-state index contributed by atoms with van der Waals surface area (Å²) in [5.74, 6) is 2.35. The lowest BCUT2D eigenvalue weighted by Gasteiger charge is -2.30. The van der Waals surface area contributed by atoms with Crippen molar-refractivity contribution in [3.05, 3.63) is 23.8 Å². The number of hydrogen-bond acceptors (Lipinski definition) is 4. The zero-order valence-electron chi connectivity index (χ0n) is 13.5. The molecule has 1 aliphatic carbocycles. The van der Waals surface area contributed by atoms with Gasteiger partial charge in [0.05, 0.1) is 14.2 Å².